The molecule has 0 radical (unpaired) electrons. The zero-order valence-corrected chi connectivity index (χ0v) is 82.7. The lowest BCUT2D eigenvalue weighted by Crippen LogP contribution is -2.41. The summed E-state index contributed by atoms with van der Waals surface area (Å²) in [5.74, 6) is 3.11. The number of ketones is 1. The number of hydrogen-bond acceptors (Lipinski definition) is 34. The van der Waals surface area contributed by atoms with Gasteiger partial charge in [-0.1, -0.05) is 121 Å². The summed E-state index contributed by atoms with van der Waals surface area (Å²) in [5, 5.41) is 115. The predicted molar refractivity (Wildman–Crippen MR) is 502 cm³/mol. The summed E-state index contributed by atoms with van der Waals surface area (Å²) < 4.78 is 9.55. The fraction of sp³-hybridized carbons (Fsp3) is 0.729. The van der Waals surface area contributed by atoms with Gasteiger partial charge < -0.3 is 103 Å². The molecule has 716 valence electrons. The summed E-state index contributed by atoms with van der Waals surface area (Å²) in [5.41, 5.74) is 9.29. The molecule has 0 spiro atoms. The number of aliphatic hydroxyl groups is 10. The first-order valence-electron chi connectivity index (χ1n) is 42.5. The first kappa shape index (κ1) is 120. The van der Waals surface area contributed by atoms with Gasteiger partial charge >= 0.3 is 12.1 Å². The van der Waals surface area contributed by atoms with Crippen molar-refractivity contribution >= 4 is 131 Å². The number of alkyl carbamates (subject to hydrolysis) is 1. The van der Waals surface area contributed by atoms with Crippen molar-refractivity contribution in [3.8, 4) is 0 Å². The van der Waals surface area contributed by atoms with E-state index in [-0.39, 0.29) is 177 Å². The van der Waals surface area contributed by atoms with Gasteiger partial charge in [0.15, 0.2) is 26.4 Å². The highest BCUT2D eigenvalue weighted by Crippen LogP contribution is 2.34. The number of amides is 3. The molecule has 33 nitrogen and oxygen atoms in total. The molecule has 0 bridgehead atoms. The number of halogens is 3. The van der Waals surface area contributed by atoms with Gasteiger partial charge in [-0.05, 0) is 169 Å². The second-order valence-electron chi connectivity index (χ2n) is 32.2. The number of nitrogens with zero attached hydrogens (tertiary/aromatic N) is 9. The average molecular weight is 1900 g/mol. The topological polar surface area (TPSA) is 511 Å². The number of carbonyl (C=O) groups is 5. The van der Waals surface area contributed by atoms with Crippen molar-refractivity contribution in [2.24, 2.45) is 41.2 Å². The van der Waals surface area contributed by atoms with Crippen molar-refractivity contribution in [1.29, 1.82) is 0 Å². The molecular weight excluding hydrogens is 1750 g/mol. The van der Waals surface area contributed by atoms with Crippen LogP contribution in [0.1, 0.15) is 230 Å². The number of aromatic nitrogens is 8. The van der Waals surface area contributed by atoms with Crippen LogP contribution in [0, 0.1) is 35.5 Å². The van der Waals surface area contributed by atoms with Crippen LogP contribution in [-0.4, -0.2) is 255 Å². The van der Waals surface area contributed by atoms with E-state index < -0.39 is 11.7 Å². The third-order valence-corrected chi connectivity index (χ3v) is 25.0. The van der Waals surface area contributed by atoms with Crippen molar-refractivity contribution in [2.45, 2.75) is 333 Å². The zero-order valence-electron chi connectivity index (χ0n) is 77.0. The maximum Gasteiger partial charge on any atom is 0.407 e. The smallest absolute Gasteiger partial charge is 0.407 e. The first-order valence-corrected chi connectivity index (χ1v) is 47.8. The lowest BCUT2D eigenvalue weighted by molar-refractivity contribution is -0.140. The van der Waals surface area contributed by atoms with Crippen molar-refractivity contribution in [2.75, 3.05) is 67.2 Å². The van der Waals surface area contributed by atoms with E-state index in [0.29, 0.717) is 96.4 Å². The van der Waals surface area contributed by atoms with Crippen LogP contribution in [0.4, 0.5) is 22.2 Å². The Morgan fingerprint density at radius 2 is 0.792 bits per heavy atom. The second kappa shape index (κ2) is 63.6. The number of allylic oxidation sites excluding steroid dienone is 2. The Morgan fingerprint density at radius 1 is 0.480 bits per heavy atom. The number of rotatable bonds is 21. The first-order chi connectivity index (χ1) is 58.1. The Balaban J connectivity index is 0.00000139. The van der Waals surface area contributed by atoms with Gasteiger partial charge in [-0.15, -0.1) is 24.8 Å². The highest BCUT2D eigenvalue weighted by molar-refractivity contribution is 7.99. The van der Waals surface area contributed by atoms with E-state index in [1.165, 1.54) is 93.6 Å². The number of carbonyl (C=O) groups excluding carboxylic acids is 5. The van der Waals surface area contributed by atoms with Gasteiger partial charge in [-0.3, -0.25) is 19.2 Å². The summed E-state index contributed by atoms with van der Waals surface area (Å²) >= 11 is 11.5. The number of ether oxygens (including phenoxy) is 2. The largest absolute Gasteiger partial charge is 0.466 e. The van der Waals surface area contributed by atoms with Crippen molar-refractivity contribution in [1.82, 2.24) is 60.7 Å². The Bertz CT molecular complexity index is 3610. The summed E-state index contributed by atoms with van der Waals surface area (Å²) in [6.45, 7) is 35.6. The van der Waals surface area contributed by atoms with E-state index in [1.807, 2.05) is 87.3 Å². The fourth-order valence-corrected chi connectivity index (χ4v) is 15.6. The van der Waals surface area contributed by atoms with Gasteiger partial charge in [0, 0.05) is 151 Å². The van der Waals surface area contributed by atoms with Gasteiger partial charge in [0.2, 0.25) is 11.8 Å². The van der Waals surface area contributed by atoms with E-state index in [2.05, 4.69) is 102 Å². The van der Waals surface area contributed by atoms with E-state index in [1.54, 1.807) is 32.4 Å². The third kappa shape index (κ3) is 43.9. The average Bonchev–Trinajstić information content (AvgIpc) is 1.82. The maximum atomic E-state index is 11.5. The number of hydrogen-bond donors (Lipinski definition) is 17. The van der Waals surface area contributed by atoms with Crippen molar-refractivity contribution in [3.63, 3.8) is 0 Å². The maximum absolute atomic E-state index is 11.5. The molecule has 6 fully saturated rings. The van der Waals surface area contributed by atoms with Crippen LogP contribution in [0.5, 0.6) is 0 Å². The molecule has 7 aliphatic rings. The highest BCUT2D eigenvalue weighted by atomic mass is 35.5. The zero-order chi connectivity index (χ0) is 93.0. The van der Waals surface area contributed by atoms with Crippen LogP contribution < -0.4 is 37.6 Å². The van der Waals surface area contributed by atoms with E-state index in [0.717, 1.165) is 82.7 Å². The molecule has 125 heavy (non-hydrogen) atoms. The molecule has 0 aliphatic heterocycles. The van der Waals surface area contributed by atoms with E-state index in [4.69, 9.17) is 32.3 Å². The molecule has 9 unspecified atom stereocenters. The highest BCUT2D eigenvalue weighted by Gasteiger charge is 2.37. The molecule has 4 aromatic rings. The lowest BCUT2D eigenvalue weighted by atomic mass is 10.0. The Kier molecular flexibility index (Phi) is 60.8. The summed E-state index contributed by atoms with van der Waals surface area (Å²) in [7, 11) is 0. The molecular formula is C85H149Cl3N16O17S4. The minimum absolute atomic E-state index is 0. The molecule has 3 amide bonds. The van der Waals surface area contributed by atoms with Crippen molar-refractivity contribution < 1.29 is 84.5 Å². The lowest BCUT2D eigenvalue weighted by Gasteiger charge is -2.23. The Morgan fingerprint density at radius 3 is 1.00 bits per heavy atom. The van der Waals surface area contributed by atoms with E-state index >= 15 is 0 Å². The Hall–Kier alpha value is -5.40. The quantitative estimate of drug-likeness (QED) is 0.0159. The van der Waals surface area contributed by atoms with Crippen LogP contribution in [-0.2, 0) is 55.1 Å². The molecule has 0 aromatic carbocycles. The van der Waals surface area contributed by atoms with Crippen LogP contribution in [0.2, 0.25) is 5.15 Å². The van der Waals surface area contributed by atoms with Gasteiger partial charge in [0.1, 0.15) is 28.2 Å². The molecule has 0 saturated heterocycles. The third-order valence-electron chi connectivity index (χ3n) is 22.4. The minimum Gasteiger partial charge on any atom is -0.466 e. The van der Waals surface area contributed by atoms with Crippen LogP contribution in [0.25, 0.3) is 0 Å². The SMILES string of the molecule is CC(=O)NC1=C(C)C(=O)CC1.CC(=O)NC1CCC(O)C1C.CC1C(N)CCC1O.CC1C(O)CCC1NC(=O)OC(C)(C)C.CCN(CC)CC.CCOC(C)=O.CSc1ncc(CO)c(Cl)n1.CSc1ncc(CO)c(N[C@@H]2CC[C@@H](O)[C@@H]2C)n1.CSc1ncc(CO)c(N[C@@H]2CC[C@@H](O)[C@H]2C)n1.CSc1ncc(CO)c(N[C@@H]2CC[C@H](O)[C@@H]2C)n1.Cl.Cl. The fourth-order valence-electron chi connectivity index (χ4n) is 13.9. The van der Waals surface area contributed by atoms with Gasteiger partial charge in [-0.2, -0.15) is 0 Å². The van der Waals surface area contributed by atoms with Crippen LogP contribution in [0.15, 0.2) is 56.7 Å². The standard InChI is InChI=1S/3C12H19N3O2S.C11H21NO3.C8H15NO2.C8H11NO2.C6H7ClN2OS.C6H13NO.C6H15N.C4H8O2.2ClH/c3*1-7-9(3-4-10(7)17)14-11-8(6-16)5-13-12(15-11)18-2;1-7-8(5-6-9(7)13)12-10(14)15-11(2,3)4;2*1-5-7(9-6(2)10)3-4-8(5)11;1-11-6-8-2-4(3-10)5(7)9-6;1-4-5(7)2-3-6(4)8;1-4-7(5-2)6-3;1-3-6-4(2)5;;/h3*5,7,9-10,16-17H,3-4,6H2,1-2H3,(H,13,14,15);7-9,13H,5-6H2,1-4H3,(H,12,14);5,7-8,11H,3-4H2,1-2H3,(H,9,10);3-4H2,1-2H3,(H,9,10);2,10H,3H2,1H3;4-6,8H,2-3,7H2,1H3;4-6H2,1-3H3;3H2,1-2H3;2*1H/t7-,9+,10+;7-,9-,10+;7-,9-,10-;;;;;;;;;/m011........./s1. The normalized spacial score (nSPS) is 25.3. The summed E-state index contributed by atoms with van der Waals surface area (Å²) in [6.07, 6.45) is 23.9. The molecule has 18 atom stereocenters. The monoisotopic (exact) mass is 1900 g/mol. The number of esters is 1. The molecule has 6 saturated carbocycles. The number of Topliss-reactive ketones (excluding diaryl/α,β-unsaturated/α-hetero) is 1. The van der Waals surface area contributed by atoms with Crippen LogP contribution in [0.3, 0.4) is 0 Å². The predicted octanol–water partition coefficient (Wildman–Crippen LogP) is 10.7. The Labute approximate surface area is 775 Å². The number of aliphatic hydroxyl groups excluding tert-OH is 10. The minimum atomic E-state index is -0.468. The van der Waals surface area contributed by atoms with E-state index in [9.17, 15) is 64.8 Å². The van der Waals surface area contributed by atoms with Crippen molar-refractivity contribution in [3.05, 3.63) is 63.5 Å². The number of nitrogens with one attached hydrogen (secondary N) is 6. The number of thioether (sulfide) groups is 4. The molecule has 11 rings (SSSR count). The van der Waals surface area contributed by atoms with Gasteiger partial charge in [0.05, 0.1) is 69.7 Å². The second-order valence-corrected chi connectivity index (χ2v) is 35.7. The molecule has 40 heteroatoms. The number of nitrogens with two attached hydrogens (primary N) is 1. The number of anilines is 3. The molecule has 18 N–H and O–H groups in total. The van der Waals surface area contributed by atoms with Gasteiger partial charge in [-0.25, -0.2) is 44.7 Å². The van der Waals surface area contributed by atoms with Crippen LogP contribution >= 0.6 is 83.5 Å². The van der Waals surface area contributed by atoms with Gasteiger partial charge in [0.25, 0.3) is 0 Å². The molecule has 4 heterocycles. The molecule has 4 aromatic heterocycles. The summed E-state index contributed by atoms with van der Waals surface area (Å²) in [4.78, 5) is 89.3. The summed E-state index contributed by atoms with van der Waals surface area (Å²) in [6, 6.07) is 1.07. The molecule has 7 aliphatic carbocycles.